The number of ether oxygens (including phenoxy) is 1. The Bertz CT molecular complexity index is 1300. The molecule has 3 aromatic heterocycles. The van der Waals surface area contributed by atoms with Gasteiger partial charge in [-0.05, 0) is 44.7 Å². The number of ketones is 1. The lowest BCUT2D eigenvalue weighted by Crippen LogP contribution is -2.30. The number of thiazole rings is 2. The number of Topliss-reactive ketones (excluding diaryl/α,β-unsaturated/α-hetero) is 1. The smallest absolute Gasteiger partial charge is 0.350 e. The lowest BCUT2D eigenvalue weighted by molar-refractivity contribution is -0.117. The molecule has 166 valence electrons. The van der Waals surface area contributed by atoms with Crippen LogP contribution in [0.15, 0.2) is 22.8 Å². The van der Waals surface area contributed by atoms with E-state index < -0.39 is 29.5 Å². The van der Waals surface area contributed by atoms with Gasteiger partial charge in [0.2, 0.25) is 5.78 Å². The summed E-state index contributed by atoms with van der Waals surface area (Å²) in [6.07, 6.45) is 0. The van der Waals surface area contributed by atoms with Crippen molar-refractivity contribution >= 4 is 56.8 Å². The molecule has 0 fully saturated rings. The monoisotopic (exact) mass is 489 g/mol. The van der Waals surface area contributed by atoms with Crippen molar-refractivity contribution in [1.29, 1.82) is 0 Å². The van der Waals surface area contributed by atoms with Crippen LogP contribution in [0.4, 0.5) is 5.13 Å². The zero-order chi connectivity index (χ0) is 23.3. The van der Waals surface area contributed by atoms with Crippen molar-refractivity contribution < 1.29 is 24.2 Å². The molecular formula is C21H19N3O5S3. The molecule has 1 aliphatic heterocycles. The Labute approximate surface area is 195 Å². The van der Waals surface area contributed by atoms with Gasteiger partial charge in [-0.15, -0.1) is 22.7 Å². The number of amides is 1. The number of hydrogen-bond acceptors (Lipinski definition) is 10. The van der Waals surface area contributed by atoms with Gasteiger partial charge in [-0.25, -0.2) is 14.8 Å². The minimum atomic E-state index is -0.868. The first-order valence-corrected chi connectivity index (χ1v) is 12.0. The van der Waals surface area contributed by atoms with Crippen molar-refractivity contribution in [2.24, 2.45) is 0 Å². The largest absolute Gasteiger partial charge is 0.503 e. The van der Waals surface area contributed by atoms with E-state index in [0.29, 0.717) is 21.3 Å². The van der Waals surface area contributed by atoms with Gasteiger partial charge >= 0.3 is 5.97 Å². The summed E-state index contributed by atoms with van der Waals surface area (Å²) in [4.78, 5) is 50.2. The van der Waals surface area contributed by atoms with Gasteiger partial charge in [-0.3, -0.25) is 14.5 Å². The van der Waals surface area contributed by atoms with E-state index in [9.17, 15) is 19.5 Å². The second-order valence-corrected chi connectivity index (χ2v) is 10.3. The van der Waals surface area contributed by atoms with Gasteiger partial charge in [0.1, 0.15) is 10.9 Å². The molecule has 0 aliphatic carbocycles. The third-order valence-electron chi connectivity index (χ3n) is 5.07. The van der Waals surface area contributed by atoms with E-state index in [1.54, 1.807) is 20.8 Å². The summed E-state index contributed by atoms with van der Waals surface area (Å²) in [5, 5.41) is 13.6. The maximum atomic E-state index is 13.5. The van der Waals surface area contributed by atoms with E-state index in [1.165, 1.54) is 34.7 Å². The molecule has 1 N–H and O–H groups in total. The first-order chi connectivity index (χ1) is 15.1. The molecule has 1 amide bonds. The summed E-state index contributed by atoms with van der Waals surface area (Å²) in [5.74, 6) is -2.37. The molecule has 1 unspecified atom stereocenters. The van der Waals surface area contributed by atoms with E-state index in [4.69, 9.17) is 4.74 Å². The third kappa shape index (κ3) is 3.46. The highest BCUT2D eigenvalue weighted by Gasteiger charge is 2.47. The minimum Gasteiger partial charge on any atom is -0.503 e. The van der Waals surface area contributed by atoms with Gasteiger partial charge in [0.25, 0.3) is 5.91 Å². The summed E-state index contributed by atoms with van der Waals surface area (Å²) >= 11 is 3.58. The Kier molecular flexibility index (Phi) is 5.74. The lowest BCUT2D eigenvalue weighted by Gasteiger charge is -2.23. The second-order valence-electron chi connectivity index (χ2n) is 7.19. The molecular weight excluding hydrogens is 470 g/mol. The maximum absolute atomic E-state index is 13.5. The number of aryl methyl sites for hydroxylation is 4. The number of esters is 1. The molecule has 3 aromatic rings. The van der Waals surface area contributed by atoms with Crippen LogP contribution in [-0.2, 0) is 9.53 Å². The Hall–Kier alpha value is -2.89. The quantitative estimate of drug-likeness (QED) is 0.416. The zero-order valence-corrected chi connectivity index (χ0v) is 20.3. The summed E-state index contributed by atoms with van der Waals surface area (Å²) in [6, 6.07) is 1.02. The second kappa shape index (κ2) is 8.23. The number of thiophene rings is 1. The van der Waals surface area contributed by atoms with Gasteiger partial charge in [-0.1, -0.05) is 11.3 Å². The first-order valence-electron chi connectivity index (χ1n) is 9.50. The molecule has 4 heterocycles. The standard InChI is InChI=1S/C21H19N3O5S3/c1-8-6-7-30-16(8)13-12(14(25)17-9(2)22-11(4)31-17)15(26)19(27)24(13)21-23-10(3)18(32-21)20(28)29-5/h6-7,13,26H,1-5H3. The van der Waals surface area contributed by atoms with Crippen LogP contribution in [-0.4, -0.2) is 39.8 Å². The average Bonchev–Trinajstić information content (AvgIpc) is 3.48. The van der Waals surface area contributed by atoms with Crippen LogP contribution in [0.1, 0.15) is 52.2 Å². The van der Waals surface area contributed by atoms with Crippen LogP contribution in [0.5, 0.6) is 0 Å². The van der Waals surface area contributed by atoms with Gasteiger partial charge < -0.3 is 9.84 Å². The van der Waals surface area contributed by atoms with Crippen LogP contribution in [0.2, 0.25) is 0 Å². The highest BCUT2D eigenvalue weighted by Crippen LogP contribution is 2.46. The topological polar surface area (TPSA) is 110 Å². The molecule has 0 radical (unpaired) electrons. The van der Waals surface area contributed by atoms with Gasteiger partial charge in [-0.2, -0.15) is 0 Å². The van der Waals surface area contributed by atoms with Crippen molar-refractivity contribution in [2.75, 3.05) is 12.0 Å². The number of carbonyl (C=O) groups is 3. The van der Waals surface area contributed by atoms with Crippen LogP contribution in [0.3, 0.4) is 0 Å². The Balaban J connectivity index is 1.89. The molecule has 4 rings (SSSR count). The summed E-state index contributed by atoms with van der Waals surface area (Å²) in [6.45, 7) is 7.03. The summed E-state index contributed by atoms with van der Waals surface area (Å²) < 4.78 is 4.80. The van der Waals surface area contributed by atoms with Crippen molar-refractivity contribution in [3.05, 3.63) is 59.4 Å². The summed E-state index contributed by atoms with van der Waals surface area (Å²) in [5.41, 5.74) is 1.80. The SMILES string of the molecule is COC(=O)c1sc(N2C(=O)C(O)=C(C(=O)c3sc(C)nc3C)C2c2sccc2C)nc1C. The van der Waals surface area contributed by atoms with Crippen LogP contribution >= 0.6 is 34.0 Å². The number of aliphatic hydroxyl groups excluding tert-OH is 1. The Morgan fingerprint density at radius 3 is 2.34 bits per heavy atom. The van der Waals surface area contributed by atoms with E-state index in [0.717, 1.165) is 21.8 Å². The number of aliphatic hydroxyl groups is 1. The molecule has 0 saturated carbocycles. The van der Waals surface area contributed by atoms with Crippen LogP contribution in [0.25, 0.3) is 0 Å². The van der Waals surface area contributed by atoms with Gasteiger partial charge in [0, 0.05) is 4.88 Å². The third-order valence-corrected chi connectivity index (χ3v) is 8.35. The molecule has 0 bridgehead atoms. The number of carbonyl (C=O) groups excluding carboxylic acids is 3. The van der Waals surface area contributed by atoms with Crippen molar-refractivity contribution in [2.45, 2.75) is 33.7 Å². The van der Waals surface area contributed by atoms with E-state index >= 15 is 0 Å². The van der Waals surface area contributed by atoms with Crippen LogP contribution < -0.4 is 4.90 Å². The minimum absolute atomic E-state index is 0.0141. The average molecular weight is 490 g/mol. The highest BCUT2D eigenvalue weighted by molar-refractivity contribution is 7.18. The fourth-order valence-corrected chi connectivity index (χ4v) is 6.49. The fourth-order valence-electron chi connectivity index (χ4n) is 3.58. The fraction of sp³-hybridized carbons (Fsp3) is 0.286. The van der Waals surface area contributed by atoms with E-state index in [2.05, 4.69) is 9.97 Å². The van der Waals surface area contributed by atoms with E-state index in [1.807, 2.05) is 18.4 Å². The van der Waals surface area contributed by atoms with Crippen molar-refractivity contribution in [3.8, 4) is 0 Å². The van der Waals surface area contributed by atoms with Gasteiger partial charge in [0.05, 0.1) is 34.0 Å². The highest BCUT2D eigenvalue weighted by atomic mass is 32.1. The molecule has 11 heteroatoms. The first kappa shape index (κ1) is 22.3. The maximum Gasteiger partial charge on any atom is 0.350 e. The molecule has 32 heavy (non-hydrogen) atoms. The molecule has 0 spiro atoms. The molecule has 0 saturated heterocycles. The lowest BCUT2D eigenvalue weighted by atomic mass is 9.99. The number of rotatable bonds is 5. The van der Waals surface area contributed by atoms with Crippen molar-refractivity contribution in [3.63, 3.8) is 0 Å². The number of anilines is 1. The predicted molar refractivity (Wildman–Crippen MR) is 123 cm³/mol. The zero-order valence-electron chi connectivity index (χ0n) is 17.9. The predicted octanol–water partition coefficient (Wildman–Crippen LogP) is 4.46. The molecule has 1 aliphatic rings. The molecule has 1 atom stereocenters. The normalized spacial score (nSPS) is 16.2. The van der Waals surface area contributed by atoms with Crippen LogP contribution in [0, 0.1) is 27.7 Å². The Morgan fingerprint density at radius 2 is 1.78 bits per heavy atom. The number of methoxy groups -OCH3 is 1. The molecule has 8 nitrogen and oxygen atoms in total. The number of aromatic nitrogens is 2. The van der Waals surface area contributed by atoms with Gasteiger partial charge in [0.15, 0.2) is 10.9 Å². The molecule has 0 aromatic carbocycles. The summed E-state index contributed by atoms with van der Waals surface area (Å²) in [7, 11) is 1.27. The number of nitrogens with zero attached hydrogens (tertiary/aromatic N) is 3. The van der Waals surface area contributed by atoms with E-state index in [-0.39, 0.29) is 15.6 Å². The number of hydrogen-bond donors (Lipinski definition) is 1. The van der Waals surface area contributed by atoms with Crippen molar-refractivity contribution in [1.82, 2.24) is 9.97 Å². The Morgan fingerprint density at radius 1 is 1.09 bits per heavy atom.